The third-order valence-electron chi connectivity index (χ3n) is 9.73. The third kappa shape index (κ3) is 5.89. The molecule has 0 amide bonds. The molecule has 0 bridgehead atoms. The van der Waals surface area contributed by atoms with Crippen molar-refractivity contribution in [1.82, 2.24) is 0 Å². The largest absolute Gasteiger partial charge is 0.456 e. The summed E-state index contributed by atoms with van der Waals surface area (Å²) in [7, 11) is 0. The SMILES string of the molecule is CC1=C(c2ccc(-c3ccc(-c4ccccc4)cc3)cc2)N=C(c2cccc3oc4ccccc4c23)N=C(c2cccc(-c3ccccc3)c2)C1. The van der Waals surface area contributed by atoms with Crippen molar-refractivity contribution >= 4 is 39.2 Å². The second kappa shape index (κ2) is 13.0. The van der Waals surface area contributed by atoms with Gasteiger partial charge in [-0.15, -0.1) is 0 Å². The highest BCUT2D eigenvalue weighted by Gasteiger charge is 2.21. The number of amidine groups is 1. The van der Waals surface area contributed by atoms with Gasteiger partial charge in [0.05, 0.1) is 11.4 Å². The van der Waals surface area contributed by atoms with Gasteiger partial charge >= 0.3 is 0 Å². The summed E-state index contributed by atoms with van der Waals surface area (Å²) in [5, 5.41) is 2.09. The van der Waals surface area contributed by atoms with E-state index in [1.165, 1.54) is 27.8 Å². The maximum absolute atomic E-state index is 6.30. The first kappa shape index (κ1) is 30.5. The monoisotopic (exact) mass is 654 g/mol. The van der Waals surface area contributed by atoms with Gasteiger partial charge in [-0.3, -0.25) is 0 Å². The number of hydrogen-bond donors (Lipinski definition) is 0. The highest BCUT2D eigenvalue weighted by Crippen LogP contribution is 2.35. The summed E-state index contributed by atoms with van der Waals surface area (Å²) in [5.74, 6) is 0.680. The van der Waals surface area contributed by atoms with Gasteiger partial charge in [-0.05, 0) is 69.6 Å². The van der Waals surface area contributed by atoms with E-state index >= 15 is 0 Å². The number of nitrogens with zero attached hydrogens (tertiary/aromatic N) is 2. The quantitative estimate of drug-likeness (QED) is 0.176. The lowest BCUT2D eigenvalue weighted by Gasteiger charge is -2.10. The number of benzene rings is 7. The molecule has 1 aliphatic rings. The van der Waals surface area contributed by atoms with Crippen molar-refractivity contribution in [3.8, 4) is 33.4 Å². The topological polar surface area (TPSA) is 37.9 Å². The molecule has 0 spiro atoms. The van der Waals surface area contributed by atoms with Crippen LogP contribution in [0.2, 0.25) is 0 Å². The Balaban J connectivity index is 1.15. The summed E-state index contributed by atoms with van der Waals surface area (Å²) in [6.45, 7) is 2.18. The van der Waals surface area contributed by atoms with Gasteiger partial charge in [-0.2, -0.15) is 0 Å². The average molecular weight is 655 g/mol. The zero-order valence-electron chi connectivity index (χ0n) is 28.3. The summed E-state index contributed by atoms with van der Waals surface area (Å²) in [5.41, 5.74) is 15.0. The van der Waals surface area contributed by atoms with Gasteiger partial charge in [0.1, 0.15) is 11.2 Å². The maximum atomic E-state index is 6.30. The van der Waals surface area contributed by atoms with E-state index in [9.17, 15) is 0 Å². The van der Waals surface area contributed by atoms with E-state index in [4.69, 9.17) is 14.4 Å². The molecule has 8 aromatic rings. The van der Waals surface area contributed by atoms with Crippen LogP contribution in [0.4, 0.5) is 0 Å². The van der Waals surface area contributed by atoms with Gasteiger partial charge < -0.3 is 4.42 Å². The summed E-state index contributed by atoms with van der Waals surface area (Å²) >= 11 is 0. The Morgan fingerprint density at radius 3 is 1.63 bits per heavy atom. The van der Waals surface area contributed by atoms with E-state index < -0.39 is 0 Å². The Bertz CT molecular complexity index is 2630. The van der Waals surface area contributed by atoms with Crippen molar-refractivity contribution in [2.24, 2.45) is 9.98 Å². The van der Waals surface area contributed by atoms with Crippen LogP contribution in [-0.2, 0) is 0 Å². The van der Waals surface area contributed by atoms with E-state index in [-0.39, 0.29) is 0 Å². The van der Waals surface area contributed by atoms with Crippen LogP contribution in [0.15, 0.2) is 196 Å². The smallest absolute Gasteiger partial charge is 0.160 e. The lowest BCUT2D eigenvalue weighted by atomic mass is 9.95. The normalized spacial score (nSPS) is 13.3. The summed E-state index contributed by atoms with van der Waals surface area (Å²) in [6, 6.07) is 61.6. The number of allylic oxidation sites excluding steroid dienone is 1. The van der Waals surface area contributed by atoms with E-state index in [0.29, 0.717) is 12.3 Å². The zero-order valence-corrected chi connectivity index (χ0v) is 28.3. The van der Waals surface area contributed by atoms with Crippen molar-refractivity contribution in [3.05, 3.63) is 198 Å². The van der Waals surface area contributed by atoms with E-state index in [1.807, 2.05) is 30.3 Å². The van der Waals surface area contributed by atoms with Crippen LogP contribution in [0.3, 0.4) is 0 Å². The van der Waals surface area contributed by atoms with Gasteiger partial charge in [0.2, 0.25) is 0 Å². The molecule has 7 aromatic carbocycles. The number of fused-ring (bicyclic) bond motifs is 3. The molecular weight excluding hydrogens is 621 g/mol. The van der Waals surface area contributed by atoms with Gasteiger partial charge in [-0.25, -0.2) is 9.98 Å². The van der Waals surface area contributed by atoms with Crippen molar-refractivity contribution in [2.75, 3.05) is 0 Å². The van der Waals surface area contributed by atoms with Crippen LogP contribution in [-0.4, -0.2) is 11.5 Å². The average Bonchev–Trinajstić information content (AvgIpc) is 3.49. The van der Waals surface area contributed by atoms with Crippen molar-refractivity contribution in [1.29, 1.82) is 0 Å². The molecule has 0 radical (unpaired) electrons. The number of rotatable bonds is 6. The maximum Gasteiger partial charge on any atom is 0.160 e. The summed E-state index contributed by atoms with van der Waals surface area (Å²) in [6.07, 6.45) is 0.672. The third-order valence-corrected chi connectivity index (χ3v) is 9.73. The second-order valence-electron chi connectivity index (χ2n) is 13.0. The fraction of sp³-hybridized carbons (Fsp3) is 0.0417. The minimum Gasteiger partial charge on any atom is -0.456 e. The molecule has 0 atom stereocenters. The molecule has 3 heteroatoms. The highest BCUT2D eigenvalue weighted by atomic mass is 16.3. The fourth-order valence-electron chi connectivity index (χ4n) is 7.10. The minimum absolute atomic E-state index is 0.672. The zero-order chi connectivity index (χ0) is 34.1. The van der Waals surface area contributed by atoms with Crippen molar-refractivity contribution in [3.63, 3.8) is 0 Å². The van der Waals surface area contributed by atoms with Crippen LogP contribution in [0.5, 0.6) is 0 Å². The Labute approximate surface area is 297 Å². The second-order valence-corrected chi connectivity index (χ2v) is 13.0. The molecule has 1 aromatic heterocycles. The molecule has 242 valence electrons. The molecule has 2 heterocycles. The van der Waals surface area contributed by atoms with E-state index in [1.54, 1.807) is 0 Å². The highest BCUT2D eigenvalue weighted by molar-refractivity contribution is 6.23. The van der Waals surface area contributed by atoms with Crippen molar-refractivity contribution < 1.29 is 4.42 Å². The summed E-state index contributed by atoms with van der Waals surface area (Å²) < 4.78 is 6.30. The molecule has 0 saturated carbocycles. The minimum atomic E-state index is 0.672. The molecule has 1 aliphatic heterocycles. The molecule has 0 aliphatic carbocycles. The molecule has 0 fully saturated rings. The van der Waals surface area contributed by atoms with Crippen LogP contribution in [0.25, 0.3) is 61.0 Å². The number of aliphatic imine (C=N–C) groups is 2. The van der Waals surface area contributed by atoms with Crippen LogP contribution >= 0.6 is 0 Å². The van der Waals surface area contributed by atoms with Gasteiger partial charge in [0.15, 0.2) is 5.84 Å². The Morgan fingerprint density at radius 2 is 0.941 bits per heavy atom. The van der Waals surface area contributed by atoms with Gasteiger partial charge in [-0.1, -0.05) is 158 Å². The predicted molar refractivity (Wildman–Crippen MR) is 213 cm³/mol. The molecule has 51 heavy (non-hydrogen) atoms. The Hall–Kier alpha value is -6.58. The molecule has 9 rings (SSSR count). The molecular formula is C48H34N2O. The molecule has 0 saturated heterocycles. The fourth-order valence-corrected chi connectivity index (χ4v) is 7.10. The van der Waals surface area contributed by atoms with Crippen molar-refractivity contribution in [2.45, 2.75) is 13.3 Å². The lowest BCUT2D eigenvalue weighted by Crippen LogP contribution is -2.06. The lowest BCUT2D eigenvalue weighted by molar-refractivity contribution is 0.669. The predicted octanol–water partition coefficient (Wildman–Crippen LogP) is 12.7. The van der Waals surface area contributed by atoms with Gasteiger partial charge in [0, 0.05) is 28.3 Å². The van der Waals surface area contributed by atoms with E-state index in [0.717, 1.165) is 61.2 Å². The number of hydrogen-bond acceptors (Lipinski definition) is 3. The molecule has 0 N–H and O–H groups in total. The van der Waals surface area contributed by atoms with Crippen LogP contribution < -0.4 is 0 Å². The van der Waals surface area contributed by atoms with E-state index in [2.05, 4.69) is 153 Å². The first-order valence-corrected chi connectivity index (χ1v) is 17.4. The first-order valence-electron chi connectivity index (χ1n) is 17.4. The summed E-state index contributed by atoms with van der Waals surface area (Å²) in [4.78, 5) is 10.8. The van der Waals surface area contributed by atoms with Gasteiger partial charge in [0.25, 0.3) is 0 Å². The molecule has 3 nitrogen and oxygen atoms in total. The van der Waals surface area contributed by atoms with Crippen LogP contribution in [0, 0.1) is 0 Å². The Kier molecular flexibility index (Phi) is 7.79. The Morgan fingerprint density at radius 1 is 0.431 bits per heavy atom. The molecule has 0 unspecified atom stereocenters. The first-order chi connectivity index (χ1) is 25.2. The number of para-hydroxylation sites is 1. The number of furan rings is 1. The standard InChI is InChI=1S/C48H34N2O/c1-32-30-43(40-17-10-16-39(31-40)34-14-6-3-7-15-34)49-48(42-19-11-21-45-46(42)41-18-8-9-20-44(41)51-45)50-47(32)38-28-26-37(27-29-38)36-24-22-35(23-25-36)33-12-4-2-5-13-33/h2-29,31H,30H2,1H3. The van der Waals surface area contributed by atoms with Crippen LogP contribution in [0.1, 0.15) is 30.0 Å².